The Bertz CT molecular complexity index is 823. The first kappa shape index (κ1) is 21.3. The van der Waals surface area contributed by atoms with E-state index in [-0.39, 0.29) is 36.6 Å². The van der Waals surface area contributed by atoms with E-state index < -0.39 is 18.5 Å². The van der Waals surface area contributed by atoms with E-state index in [4.69, 9.17) is 4.74 Å². The molecule has 0 spiro atoms. The van der Waals surface area contributed by atoms with Crippen LogP contribution in [0.5, 0.6) is 0 Å². The van der Waals surface area contributed by atoms with Crippen molar-refractivity contribution in [3.63, 3.8) is 0 Å². The zero-order valence-corrected chi connectivity index (χ0v) is 17.7. The highest BCUT2D eigenvalue weighted by molar-refractivity contribution is 6.05. The van der Waals surface area contributed by atoms with Gasteiger partial charge in [0.25, 0.3) is 5.91 Å². The molecule has 8 nitrogen and oxygen atoms in total. The summed E-state index contributed by atoms with van der Waals surface area (Å²) in [5, 5.41) is 2.71. The minimum atomic E-state index is -0.602. The molecule has 1 aromatic rings. The van der Waals surface area contributed by atoms with Gasteiger partial charge in [0.2, 0.25) is 11.8 Å². The first-order valence-electron chi connectivity index (χ1n) is 11.2. The Morgan fingerprint density at radius 2 is 1.55 bits per heavy atom. The number of nitrogens with zero attached hydrogens (tertiary/aromatic N) is 2. The number of anilines is 2. The van der Waals surface area contributed by atoms with Crippen LogP contribution in [0.25, 0.3) is 0 Å². The number of amides is 3. The Labute approximate surface area is 181 Å². The molecule has 0 radical (unpaired) electrons. The first-order chi connectivity index (χ1) is 15.0. The predicted octanol–water partition coefficient (Wildman–Crippen LogP) is 2.33. The summed E-state index contributed by atoms with van der Waals surface area (Å²) in [4.78, 5) is 52.4. The minimum Gasteiger partial charge on any atom is -0.456 e. The molecule has 3 fully saturated rings. The van der Waals surface area contributed by atoms with Crippen molar-refractivity contribution in [3.05, 3.63) is 24.3 Å². The summed E-state index contributed by atoms with van der Waals surface area (Å²) in [6.07, 6.45) is 5.72. The number of carbonyl (C=O) groups excluding carboxylic acids is 4. The number of carbonyl (C=O) groups is 4. The number of nitrogens with one attached hydrogen (secondary N) is 1. The van der Waals surface area contributed by atoms with E-state index in [9.17, 15) is 19.2 Å². The van der Waals surface area contributed by atoms with Gasteiger partial charge in [-0.2, -0.15) is 0 Å². The van der Waals surface area contributed by atoms with Gasteiger partial charge in [-0.25, -0.2) is 0 Å². The largest absolute Gasteiger partial charge is 0.456 e. The lowest BCUT2D eigenvalue weighted by Gasteiger charge is -2.19. The van der Waals surface area contributed by atoms with E-state index in [1.165, 1.54) is 17.7 Å². The zero-order chi connectivity index (χ0) is 21.8. The smallest absolute Gasteiger partial charge is 0.308 e. The molecule has 3 aliphatic rings. The normalized spacial score (nSPS) is 23.1. The third-order valence-electron chi connectivity index (χ3n) is 6.46. The number of benzene rings is 1. The van der Waals surface area contributed by atoms with Gasteiger partial charge in [-0.15, -0.1) is 0 Å². The Balaban J connectivity index is 1.19. The Morgan fingerprint density at radius 1 is 0.935 bits per heavy atom. The molecule has 0 bridgehead atoms. The number of esters is 1. The van der Waals surface area contributed by atoms with Crippen molar-refractivity contribution in [1.29, 1.82) is 0 Å². The molecule has 1 saturated carbocycles. The maximum Gasteiger partial charge on any atom is 0.308 e. The molecule has 3 amide bonds. The summed E-state index contributed by atoms with van der Waals surface area (Å²) in [6.45, 7) is 1.72. The second-order valence-electron chi connectivity index (χ2n) is 8.53. The second-order valence-corrected chi connectivity index (χ2v) is 8.53. The quantitative estimate of drug-likeness (QED) is 0.530. The first-order valence-corrected chi connectivity index (χ1v) is 11.2. The third kappa shape index (κ3) is 4.89. The molecular weight excluding hydrogens is 398 g/mol. The lowest BCUT2D eigenvalue weighted by molar-refractivity contribution is -0.148. The summed E-state index contributed by atoms with van der Waals surface area (Å²) in [6, 6.07) is 7.60. The van der Waals surface area contributed by atoms with Crippen LogP contribution in [0.2, 0.25) is 0 Å². The van der Waals surface area contributed by atoms with Crippen LogP contribution in [0.3, 0.4) is 0 Å². The van der Waals surface area contributed by atoms with E-state index in [2.05, 4.69) is 10.2 Å². The summed E-state index contributed by atoms with van der Waals surface area (Å²) in [5.41, 5.74) is 1.77. The van der Waals surface area contributed by atoms with Gasteiger partial charge in [0.05, 0.1) is 18.3 Å². The number of ether oxygens (including phenoxy) is 1. The number of likely N-dealkylation sites (tertiary alicyclic amines) is 1. The molecule has 1 aliphatic carbocycles. The molecule has 2 aliphatic heterocycles. The van der Waals surface area contributed by atoms with Gasteiger partial charge in [0.15, 0.2) is 6.61 Å². The predicted molar refractivity (Wildman–Crippen MR) is 114 cm³/mol. The van der Waals surface area contributed by atoms with Gasteiger partial charge in [-0.3, -0.25) is 24.1 Å². The minimum absolute atomic E-state index is 0.0169. The van der Waals surface area contributed by atoms with Crippen molar-refractivity contribution < 1.29 is 23.9 Å². The molecule has 2 heterocycles. The van der Waals surface area contributed by atoms with Crippen LogP contribution < -0.4 is 10.2 Å². The second kappa shape index (κ2) is 9.49. The lowest BCUT2D eigenvalue weighted by Crippen LogP contribution is -2.33. The van der Waals surface area contributed by atoms with Crippen molar-refractivity contribution in [2.45, 2.75) is 44.9 Å². The molecule has 4 rings (SSSR count). The van der Waals surface area contributed by atoms with E-state index in [0.717, 1.165) is 44.5 Å². The molecule has 8 heteroatoms. The summed E-state index contributed by atoms with van der Waals surface area (Å²) in [7, 11) is 0. The number of imide groups is 1. The molecule has 0 unspecified atom stereocenters. The Morgan fingerprint density at radius 3 is 2.16 bits per heavy atom. The molecule has 2 saturated heterocycles. The van der Waals surface area contributed by atoms with E-state index in [1.54, 1.807) is 0 Å². The maximum atomic E-state index is 12.4. The molecule has 31 heavy (non-hydrogen) atoms. The molecule has 1 aromatic carbocycles. The van der Waals surface area contributed by atoms with E-state index in [0.29, 0.717) is 5.69 Å². The molecule has 2 atom stereocenters. The fraction of sp³-hybridized carbons (Fsp3) is 0.565. The van der Waals surface area contributed by atoms with Crippen LogP contribution >= 0.6 is 0 Å². The fourth-order valence-corrected chi connectivity index (χ4v) is 4.80. The van der Waals surface area contributed by atoms with Crippen molar-refractivity contribution in [2.24, 2.45) is 11.8 Å². The zero-order valence-electron chi connectivity index (χ0n) is 17.7. The standard InChI is InChI=1S/C23H29N3O5/c27-20(24-16-7-9-17(10-8-16)25-12-3-4-13-25)15-31-21(28)11-14-26-22(29)18-5-1-2-6-19(18)23(26)30/h7-10,18-19H,1-6,11-15H2,(H,24,27)/t18-,19+. The number of fused-ring (bicyclic) bond motifs is 1. The lowest BCUT2D eigenvalue weighted by atomic mass is 9.81. The Hall–Kier alpha value is -2.90. The van der Waals surface area contributed by atoms with Crippen LogP contribution in [0.4, 0.5) is 11.4 Å². The van der Waals surface area contributed by atoms with E-state index >= 15 is 0 Å². The number of rotatable bonds is 7. The third-order valence-corrected chi connectivity index (χ3v) is 6.46. The van der Waals surface area contributed by atoms with Crippen LogP contribution in [-0.2, 0) is 23.9 Å². The summed E-state index contributed by atoms with van der Waals surface area (Å²) in [5.74, 6) is -1.81. The molecule has 0 aromatic heterocycles. The summed E-state index contributed by atoms with van der Waals surface area (Å²) < 4.78 is 5.02. The van der Waals surface area contributed by atoms with Crippen LogP contribution in [-0.4, -0.2) is 54.8 Å². The number of hydrogen-bond acceptors (Lipinski definition) is 6. The van der Waals surface area contributed by atoms with E-state index in [1.807, 2.05) is 24.3 Å². The average molecular weight is 428 g/mol. The highest BCUT2D eigenvalue weighted by Gasteiger charge is 2.47. The van der Waals surface area contributed by atoms with Crippen LogP contribution in [0.15, 0.2) is 24.3 Å². The van der Waals surface area contributed by atoms with Gasteiger partial charge in [-0.1, -0.05) is 12.8 Å². The highest BCUT2D eigenvalue weighted by Crippen LogP contribution is 2.38. The van der Waals surface area contributed by atoms with Gasteiger partial charge in [0, 0.05) is 31.0 Å². The van der Waals surface area contributed by atoms with Crippen molar-refractivity contribution in [2.75, 3.05) is 36.5 Å². The topological polar surface area (TPSA) is 96.0 Å². The van der Waals surface area contributed by atoms with Crippen LogP contribution in [0.1, 0.15) is 44.9 Å². The van der Waals surface area contributed by atoms with Crippen molar-refractivity contribution >= 4 is 35.1 Å². The summed E-state index contributed by atoms with van der Waals surface area (Å²) >= 11 is 0. The van der Waals surface area contributed by atoms with Gasteiger partial charge < -0.3 is 15.0 Å². The average Bonchev–Trinajstić information content (AvgIpc) is 3.40. The molecule has 1 N–H and O–H groups in total. The van der Waals surface area contributed by atoms with Crippen LogP contribution in [0, 0.1) is 11.8 Å². The monoisotopic (exact) mass is 427 g/mol. The number of hydrogen-bond donors (Lipinski definition) is 1. The van der Waals surface area contributed by atoms with Gasteiger partial charge in [-0.05, 0) is 49.9 Å². The van der Waals surface area contributed by atoms with Gasteiger partial charge >= 0.3 is 5.97 Å². The molecule has 166 valence electrons. The fourth-order valence-electron chi connectivity index (χ4n) is 4.80. The highest BCUT2D eigenvalue weighted by atomic mass is 16.5. The van der Waals surface area contributed by atoms with Crippen molar-refractivity contribution in [3.8, 4) is 0 Å². The Kier molecular flexibility index (Phi) is 6.53. The van der Waals surface area contributed by atoms with Crippen molar-refractivity contribution in [1.82, 2.24) is 4.90 Å². The van der Waals surface area contributed by atoms with Gasteiger partial charge in [0.1, 0.15) is 0 Å². The SMILES string of the molecule is O=C(COC(=O)CCN1C(=O)[C@H]2CCCC[C@H]2C1=O)Nc1ccc(N2CCCC2)cc1. The molecular formula is C23H29N3O5. The maximum absolute atomic E-state index is 12.4.